The molecule has 4 rings (SSSR count). The van der Waals surface area contributed by atoms with Gasteiger partial charge in [0.15, 0.2) is 11.6 Å². The molecule has 3 aromatic rings. The van der Waals surface area contributed by atoms with Crippen LogP contribution in [0, 0.1) is 11.6 Å². The Morgan fingerprint density at radius 3 is 2.71 bits per heavy atom. The number of rotatable bonds is 8. The lowest BCUT2D eigenvalue weighted by atomic mass is 10.0. The van der Waals surface area contributed by atoms with E-state index in [1.165, 1.54) is 6.07 Å². The molecule has 1 atom stereocenters. The van der Waals surface area contributed by atoms with E-state index in [1.807, 2.05) is 31.4 Å². The Morgan fingerprint density at radius 2 is 1.97 bits per heavy atom. The zero-order valence-electron chi connectivity index (χ0n) is 17.7. The summed E-state index contributed by atoms with van der Waals surface area (Å²) in [4.78, 5) is 13.0. The Labute approximate surface area is 180 Å². The van der Waals surface area contributed by atoms with E-state index in [4.69, 9.17) is 4.74 Å². The molecular formula is C22H26F2N6O. The maximum Gasteiger partial charge on any atom is 0.224 e. The van der Waals surface area contributed by atoms with Gasteiger partial charge in [-0.2, -0.15) is 5.10 Å². The van der Waals surface area contributed by atoms with Crippen molar-refractivity contribution in [3.05, 3.63) is 65.2 Å². The number of halogens is 2. The van der Waals surface area contributed by atoms with Gasteiger partial charge in [0.25, 0.3) is 0 Å². The molecule has 1 aliphatic rings. The monoisotopic (exact) mass is 428 g/mol. The summed E-state index contributed by atoms with van der Waals surface area (Å²) >= 11 is 0. The van der Waals surface area contributed by atoms with Crippen LogP contribution in [0.4, 0.5) is 14.7 Å². The highest BCUT2D eigenvalue weighted by atomic mass is 19.2. The highest BCUT2D eigenvalue weighted by molar-refractivity contribution is 5.27. The van der Waals surface area contributed by atoms with Crippen LogP contribution in [0.3, 0.4) is 0 Å². The Balaban J connectivity index is 1.25. The molecule has 1 aliphatic heterocycles. The summed E-state index contributed by atoms with van der Waals surface area (Å²) in [5, 5.41) is 7.54. The number of aromatic amines is 1. The molecule has 7 nitrogen and oxygen atoms in total. The third kappa shape index (κ3) is 5.35. The maximum atomic E-state index is 13.2. The molecule has 1 N–H and O–H groups in total. The summed E-state index contributed by atoms with van der Waals surface area (Å²) in [6.45, 7) is 3.11. The number of hydrogen-bond donors (Lipinski definition) is 1. The van der Waals surface area contributed by atoms with Crippen molar-refractivity contribution in [2.75, 3.05) is 38.7 Å². The van der Waals surface area contributed by atoms with Crippen LogP contribution in [0.2, 0.25) is 0 Å². The summed E-state index contributed by atoms with van der Waals surface area (Å²) in [5.74, 6) is -0.394. The van der Waals surface area contributed by atoms with E-state index in [2.05, 4.69) is 31.1 Å². The van der Waals surface area contributed by atoms with Crippen molar-refractivity contribution in [1.82, 2.24) is 25.1 Å². The molecule has 0 bridgehead atoms. The molecule has 0 radical (unpaired) electrons. The number of ether oxygens (including phenoxy) is 1. The number of anilines is 1. The van der Waals surface area contributed by atoms with Crippen molar-refractivity contribution in [3.63, 3.8) is 0 Å². The molecule has 164 valence electrons. The predicted octanol–water partition coefficient (Wildman–Crippen LogP) is 3.15. The standard InChI is InChI=1S/C22H26F2N6O/c1-29(2)22-25-11-15(12-26-22)13-30-7-5-16(14-30)21-9-17(27-28-21)6-8-31-18-3-4-19(23)20(24)10-18/h3-4,9-12,16H,5-8,13-14H2,1-2H3,(H,27,28)/t16-/m0/s1. The topological polar surface area (TPSA) is 70.2 Å². The van der Waals surface area contributed by atoms with E-state index in [0.29, 0.717) is 30.6 Å². The number of nitrogens with zero attached hydrogens (tertiary/aromatic N) is 5. The Morgan fingerprint density at radius 1 is 1.16 bits per heavy atom. The smallest absolute Gasteiger partial charge is 0.224 e. The van der Waals surface area contributed by atoms with Gasteiger partial charge in [-0.3, -0.25) is 10.00 Å². The Kier molecular flexibility index (Phi) is 6.41. The van der Waals surface area contributed by atoms with Gasteiger partial charge in [0.05, 0.1) is 12.3 Å². The summed E-state index contributed by atoms with van der Waals surface area (Å²) in [7, 11) is 3.85. The summed E-state index contributed by atoms with van der Waals surface area (Å²) in [5.41, 5.74) is 3.11. The van der Waals surface area contributed by atoms with E-state index in [0.717, 1.165) is 55.1 Å². The van der Waals surface area contributed by atoms with E-state index < -0.39 is 11.6 Å². The van der Waals surface area contributed by atoms with E-state index in [1.54, 1.807) is 0 Å². The third-order valence-corrected chi connectivity index (χ3v) is 5.37. The van der Waals surface area contributed by atoms with E-state index in [-0.39, 0.29) is 0 Å². The molecule has 0 amide bonds. The Bertz CT molecular complexity index is 1010. The fraction of sp³-hybridized carbons (Fsp3) is 0.409. The second-order valence-corrected chi connectivity index (χ2v) is 8.00. The number of aromatic nitrogens is 4. The van der Waals surface area contributed by atoms with Gasteiger partial charge < -0.3 is 9.64 Å². The summed E-state index contributed by atoms with van der Waals surface area (Å²) in [6.07, 6.45) is 5.43. The first-order valence-corrected chi connectivity index (χ1v) is 10.3. The molecule has 0 saturated carbocycles. The van der Waals surface area contributed by atoms with Crippen LogP contribution in [0.1, 0.15) is 29.3 Å². The summed E-state index contributed by atoms with van der Waals surface area (Å²) < 4.78 is 31.7. The second-order valence-electron chi connectivity index (χ2n) is 8.00. The van der Waals surface area contributed by atoms with Gasteiger partial charge in [-0.15, -0.1) is 0 Å². The van der Waals surface area contributed by atoms with Crippen molar-refractivity contribution < 1.29 is 13.5 Å². The van der Waals surface area contributed by atoms with Crippen LogP contribution in [-0.4, -0.2) is 58.9 Å². The first kappa shape index (κ1) is 21.2. The van der Waals surface area contributed by atoms with Crippen LogP contribution in [-0.2, 0) is 13.0 Å². The van der Waals surface area contributed by atoms with E-state index >= 15 is 0 Å². The van der Waals surface area contributed by atoms with E-state index in [9.17, 15) is 8.78 Å². The van der Waals surface area contributed by atoms with Gasteiger partial charge in [0.1, 0.15) is 5.75 Å². The lowest BCUT2D eigenvalue weighted by Gasteiger charge is -2.16. The first-order valence-electron chi connectivity index (χ1n) is 10.3. The Hall–Kier alpha value is -3.07. The highest BCUT2D eigenvalue weighted by Crippen LogP contribution is 2.27. The molecule has 9 heteroatoms. The van der Waals surface area contributed by atoms with Crippen LogP contribution >= 0.6 is 0 Å². The number of likely N-dealkylation sites (tertiary alicyclic amines) is 1. The third-order valence-electron chi connectivity index (χ3n) is 5.37. The molecular weight excluding hydrogens is 402 g/mol. The highest BCUT2D eigenvalue weighted by Gasteiger charge is 2.26. The van der Waals surface area contributed by atoms with Crippen LogP contribution in [0.25, 0.3) is 0 Å². The molecule has 1 aromatic carbocycles. The van der Waals surface area contributed by atoms with Crippen molar-refractivity contribution >= 4 is 5.95 Å². The van der Waals surface area contributed by atoms with Crippen molar-refractivity contribution in [3.8, 4) is 5.75 Å². The van der Waals surface area contributed by atoms with Crippen molar-refractivity contribution in [2.24, 2.45) is 0 Å². The number of nitrogens with one attached hydrogen (secondary N) is 1. The van der Waals surface area contributed by atoms with Crippen molar-refractivity contribution in [1.29, 1.82) is 0 Å². The molecule has 0 unspecified atom stereocenters. The van der Waals surface area contributed by atoms with Gasteiger partial charge >= 0.3 is 0 Å². The minimum Gasteiger partial charge on any atom is -0.493 e. The van der Waals surface area contributed by atoms with Gasteiger partial charge in [0, 0.05) is 69.2 Å². The zero-order valence-corrected chi connectivity index (χ0v) is 17.7. The van der Waals surface area contributed by atoms with Crippen LogP contribution < -0.4 is 9.64 Å². The second kappa shape index (κ2) is 9.38. The van der Waals surface area contributed by atoms with Crippen LogP contribution in [0.5, 0.6) is 5.75 Å². The molecule has 3 heterocycles. The summed E-state index contributed by atoms with van der Waals surface area (Å²) in [6, 6.07) is 5.61. The molecule has 2 aromatic heterocycles. The largest absolute Gasteiger partial charge is 0.493 e. The van der Waals surface area contributed by atoms with Gasteiger partial charge in [-0.1, -0.05) is 0 Å². The number of benzene rings is 1. The molecule has 0 aliphatic carbocycles. The number of hydrogen-bond acceptors (Lipinski definition) is 6. The molecule has 1 fully saturated rings. The van der Waals surface area contributed by atoms with Gasteiger partial charge in [-0.05, 0) is 31.2 Å². The number of H-pyrrole nitrogens is 1. The fourth-order valence-electron chi connectivity index (χ4n) is 3.70. The average Bonchev–Trinajstić information content (AvgIpc) is 3.41. The normalized spacial score (nSPS) is 16.6. The fourth-order valence-corrected chi connectivity index (χ4v) is 3.70. The lowest BCUT2D eigenvalue weighted by Crippen LogP contribution is -2.20. The SMILES string of the molecule is CN(C)c1ncc(CN2CC[C@H](c3cc(CCOc4ccc(F)c(F)c4)[nH]n3)C2)cn1. The average molecular weight is 428 g/mol. The predicted molar refractivity (Wildman–Crippen MR) is 113 cm³/mol. The minimum absolute atomic E-state index is 0.313. The maximum absolute atomic E-state index is 13.2. The molecule has 31 heavy (non-hydrogen) atoms. The molecule has 0 spiro atoms. The zero-order chi connectivity index (χ0) is 21.8. The quantitative estimate of drug-likeness (QED) is 0.594. The molecule has 1 saturated heterocycles. The van der Waals surface area contributed by atoms with Crippen LogP contribution in [0.15, 0.2) is 36.7 Å². The van der Waals surface area contributed by atoms with Crippen molar-refractivity contribution in [2.45, 2.75) is 25.3 Å². The lowest BCUT2D eigenvalue weighted by molar-refractivity contribution is 0.317. The minimum atomic E-state index is -0.910. The first-order chi connectivity index (χ1) is 15.0. The van der Waals surface area contributed by atoms with Gasteiger partial charge in [0.2, 0.25) is 5.95 Å². The van der Waals surface area contributed by atoms with Gasteiger partial charge in [-0.25, -0.2) is 18.7 Å².